The number of carbonyl (C=O) groups excluding carboxylic acids is 4. The van der Waals surface area contributed by atoms with Crippen molar-refractivity contribution in [2.45, 2.75) is 13.0 Å². The lowest BCUT2D eigenvalue weighted by atomic mass is 10.2. The Hall–Kier alpha value is -5.24. The summed E-state index contributed by atoms with van der Waals surface area (Å²) in [6.45, 7) is 1.77. The fourth-order valence-corrected chi connectivity index (χ4v) is 3.29. The minimum absolute atomic E-state index is 0.0201. The smallest absolute Gasteiger partial charge is 0.338 e. The van der Waals surface area contributed by atoms with E-state index in [2.05, 4.69) is 0 Å². The van der Waals surface area contributed by atoms with Crippen molar-refractivity contribution in [1.29, 1.82) is 0 Å². The van der Waals surface area contributed by atoms with Gasteiger partial charge in [0.2, 0.25) is 0 Å². The fourth-order valence-electron chi connectivity index (χ4n) is 3.29. The largest absolute Gasteiger partial charge is 0.458 e. The second kappa shape index (κ2) is 16.7. The molecule has 41 heavy (non-hydrogen) atoms. The molecule has 0 N–H and O–H groups in total. The maximum absolute atomic E-state index is 11.8. The molecule has 0 fully saturated rings. The van der Waals surface area contributed by atoms with Crippen LogP contribution in [0.4, 0.5) is 0 Å². The molecule has 4 aromatic rings. The van der Waals surface area contributed by atoms with Gasteiger partial charge in [-0.1, -0.05) is 72.8 Å². The average molecular weight is 555 g/mol. The number of ether oxygens (including phenoxy) is 4. The lowest BCUT2D eigenvalue weighted by molar-refractivity contribution is 0.00448. The van der Waals surface area contributed by atoms with Crippen LogP contribution in [0.15, 0.2) is 121 Å². The van der Waals surface area contributed by atoms with Gasteiger partial charge in [-0.3, -0.25) is 0 Å². The molecule has 0 bridgehead atoms. The zero-order chi connectivity index (χ0) is 29.3. The standard InChI is InChI=1S/C17H16O4.C16H14O4/c1-13(21-17(19)15-10-6-3-7-11-15)12-20-16(18)14-8-4-2-5-9-14;17-15(13-7-3-1-4-8-13)19-11-12-20-16(18)14-9-5-2-6-10-14/h2-11,13H,12H2,1H3;1-10H,11-12H2. The third-order valence-electron chi connectivity index (χ3n) is 5.34. The molecule has 0 amide bonds. The third kappa shape index (κ3) is 10.8. The molecule has 1 atom stereocenters. The molecule has 4 rings (SSSR count). The van der Waals surface area contributed by atoms with E-state index in [1.54, 1.807) is 104 Å². The number of esters is 4. The van der Waals surface area contributed by atoms with Crippen LogP contribution in [0.5, 0.6) is 0 Å². The van der Waals surface area contributed by atoms with E-state index >= 15 is 0 Å². The van der Waals surface area contributed by atoms with Gasteiger partial charge in [-0.2, -0.15) is 0 Å². The molecule has 8 heteroatoms. The molecule has 0 saturated carbocycles. The van der Waals surface area contributed by atoms with E-state index in [0.29, 0.717) is 22.3 Å². The van der Waals surface area contributed by atoms with Gasteiger partial charge in [0.05, 0.1) is 22.3 Å². The van der Waals surface area contributed by atoms with E-state index < -0.39 is 30.0 Å². The molecule has 0 aromatic heterocycles. The van der Waals surface area contributed by atoms with Gasteiger partial charge in [-0.25, -0.2) is 19.2 Å². The number of rotatable bonds is 10. The van der Waals surface area contributed by atoms with Gasteiger partial charge in [0.25, 0.3) is 0 Å². The Balaban J connectivity index is 0.000000226. The maximum Gasteiger partial charge on any atom is 0.338 e. The molecule has 0 radical (unpaired) electrons. The van der Waals surface area contributed by atoms with Crippen molar-refractivity contribution in [3.8, 4) is 0 Å². The molecular weight excluding hydrogens is 524 g/mol. The molecule has 0 spiro atoms. The maximum atomic E-state index is 11.8. The molecule has 1 unspecified atom stereocenters. The second-order valence-electron chi connectivity index (χ2n) is 8.55. The van der Waals surface area contributed by atoms with E-state index in [1.807, 2.05) is 24.3 Å². The van der Waals surface area contributed by atoms with Crippen molar-refractivity contribution in [2.24, 2.45) is 0 Å². The van der Waals surface area contributed by atoms with Gasteiger partial charge >= 0.3 is 23.9 Å². The van der Waals surface area contributed by atoms with Crippen LogP contribution in [0.25, 0.3) is 0 Å². The second-order valence-corrected chi connectivity index (χ2v) is 8.55. The monoisotopic (exact) mass is 554 g/mol. The van der Waals surface area contributed by atoms with Crippen LogP contribution in [-0.4, -0.2) is 49.8 Å². The quantitative estimate of drug-likeness (QED) is 0.138. The Morgan fingerprint density at radius 3 is 1.10 bits per heavy atom. The Kier molecular flexibility index (Phi) is 12.3. The van der Waals surface area contributed by atoms with Crippen LogP contribution >= 0.6 is 0 Å². The summed E-state index contributed by atoms with van der Waals surface area (Å²) in [4.78, 5) is 46.7. The van der Waals surface area contributed by atoms with Crippen molar-refractivity contribution in [3.63, 3.8) is 0 Å². The van der Waals surface area contributed by atoms with E-state index in [9.17, 15) is 19.2 Å². The molecule has 0 aliphatic heterocycles. The molecule has 0 aliphatic rings. The summed E-state index contributed by atoms with van der Waals surface area (Å²) in [6.07, 6.45) is -0.509. The number of benzene rings is 4. The van der Waals surface area contributed by atoms with Gasteiger partial charge in [0.15, 0.2) is 0 Å². The number of carbonyl (C=O) groups is 4. The van der Waals surface area contributed by atoms with Crippen LogP contribution in [0.2, 0.25) is 0 Å². The summed E-state index contributed by atoms with van der Waals surface area (Å²) in [6, 6.07) is 34.7. The first-order valence-electron chi connectivity index (χ1n) is 12.9. The average Bonchev–Trinajstić information content (AvgIpc) is 3.03. The fraction of sp³-hybridized carbons (Fsp3) is 0.152. The molecule has 0 saturated heterocycles. The van der Waals surface area contributed by atoms with Crippen molar-refractivity contribution in [3.05, 3.63) is 144 Å². The van der Waals surface area contributed by atoms with Gasteiger partial charge in [0.1, 0.15) is 25.9 Å². The zero-order valence-electron chi connectivity index (χ0n) is 22.5. The van der Waals surface area contributed by atoms with Crippen LogP contribution in [0.1, 0.15) is 48.4 Å². The van der Waals surface area contributed by atoms with Gasteiger partial charge in [-0.15, -0.1) is 0 Å². The highest BCUT2D eigenvalue weighted by Gasteiger charge is 2.14. The number of hydrogen-bond donors (Lipinski definition) is 0. The van der Waals surface area contributed by atoms with Crippen molar-refractivity contribution in [2.75, 3.05) is 19.8 Å². The first-order chi connectivity index (χ1) is 19.9. The SMILES string of the molecule is CC(COC(=O)c1ccccc1)OC(=O)c1ccccc1.O=C(OCCOC(=O)c1ccccc1)c1ccccc1. The molecule has 0 heterocycles. The summed E-state index contributed by atoms with van der Waals surface area (Å²) >= 11 is 0. The normalized spacial score (nSPS) is 10.7. The van der Waals surface area contributed by atoms with E-state index in [0.717, 1.165) is 0 Å². The van der Waals surface area contributed by atoms with E-state index in [-0.39, 0.29) is 19.8 Å². The van der Waals surface area contributed by atoms with Crippen molar-refractivity contribution < 1.29 is 38.1 Å². The van der Waals surface area contributed by atoms with Crippen LogP contribution in [0, 0.1) is 0 Å². The summed E-state index contributed by atoms with van der Waals surface area (Å²) < 4.78 is 20.3. The summed E-state index contributed by atoms with van der Waals surface area (Å²) in [5.41, 5.74) is 1.89. The topological polar surface area (TPSA) is 105 Å². The van der Waals surface area contributed by atoms with Gasteiger partial charge in [-0.05, 0) is 55.5 Å². The lowest BCUT2D eigenvalue weighted by Gasteiger charge is -2.13. The zero-order valence-corrected chi connectivity index (χ0v) is 22.5. The summed E-state index contributed by atoms with van der Waals surface area (Å²) in [7, 11) is 0. The highest BCUT2D eigenvalue weighted by atomic mass is 16.6. The first-order valence-corrected chi connectivity index (χ1v) is 12.9. The first kappa shape index (κ1) is 30.3. The Labute approximate surface area is 238 Å². The Morgan fingerprint density at radius 2 is 0.756 bits per heavy atom. The van der Waals surface area contributed by atoms with E-state index in [4.69, 9.17) is 18.9 Å². The summed E-state index contributed by atoms with van der Waals surface area (Å²) in [5, 5.41) is 0. The highest BCUT2D eigenvalue weighted by molar-refractivity contribution is 5.91. The minimum atomic E-state index is -0.509. The van der Waals surface area contributed by atoms with Crippen LogP contribution in [0.3, 0.4) is 0 Å². The Morgan fingerprint density at radius 1 is 0.463 bits per heavy atom. The molecule has 210 valence electrons. The predicted molar refractivity (Wildman–Crippen MR) is 151 cm³/mol. The molecule has 0 aliphatic carbocycles. The molecule has 4 aromatic carbocycles. The predicted octanol–water partition coefficient (Wildman–Crippen LogP) is 5.79. The van der Waals surface area contributed by atoms with Crippen LogP contribution in [-0.2, 0) is 18.9 Å². The van der Waals surface area contributed by atoms with Crippen molar-refractivity contribution in [1.82, 2.24) is 0 Å². The summed E-state index contributed by atoms with van der Waals surface area (Å²) in [5.74, 6) is -1.72. The molecular formula is C33H30O8. The van der Waals surface area contributed by atoms with Crippen molar-refractivity contribution >= 4 is 23.9 Å². The third-order valence-corrected chi connectivity index (χ3v) is 5.34. The number of hydrogen-bond acceptors (Lipinski definition) is 8. The minimum Gasteiger partial charge on any atom is -0.458 e. The van der Waals surface area contributed by atoms with Crippen LogP contribution < -0.4 is 0 Å². The van der Waals surface area contributed by atoms with Gasteiger partial charge < -0.3 is 18.9 Å². The lowest BCUT2D eigenvalue weighted by Crippen LogP contribution is -2.22. The Bertz CT molecular complexity index is 1320. The highest BCUT2D eigenvalue weighted by Crippen LogP contribution is 2.07. The van der Waals surface area contributed by atoms with Gasteiger partial charge in [0, 0.05) is 0 Å². The van der Waals surface area contributed by atoms with E-state index in [1.165, 1.54) is 0 Å². The molecule has 8 nitrogen and oxygen atoms in total.